The van der Waals surface area contributed by atoms with E-state index in [1.807, 2.05) is 37.3 Å². The number of amides is 3. The van der Waals surface area contributed by atoms with Crippen molar-refractivity contribution in [2.45, 2.75) is 32.9 Å². The number of piperazine rings is 1. The summed E-state index contributed by atoms with van der Waals surface area (Å²) in [6, 6.07) is 13.7. The number of aryl methyl sites for hydroxylation is 1. The van der Waals surface area contributed by atoms with Gasteiger partial charge in [0, 0.05) is 26.2 Å². The van der Waals surface area contributed by atoms with Crippen molar-refractivity contribution < 1.29 is 14.0 Å². The van der Waals surface area contributed by atoms with E-state index in [2.05, 4.69) is 5.32 Å². The average molecular weight is 383 g/mol. The van der Waals surface area contributed by atoms with Crippen LogP contribution in [0.25, 0.3) is 0 Å². The molecule has 2 aromatic carbocycles. The van der Waals surface area contributed by atoms with Crippen molar-refractivity contribution >= 4 is 11.9 Å². The highest BCUT2D eigenvalue weighted by Crippen LogP contribution is 2.15. The first kappa shape index (κ1) is 19.9. The molecule has 0 radical (unpaired) electrons. The van der Waals surface area contributed by atoms with Gasteiger partial charge in [0.05, 0.1) is 0 Å². The molecule has 0 aliphatic carbocycles. The molecular weight excluding hydrogens is 357 g/mol. The normalized spacial score (nSPS) is 17.0. The smallest absolute Gasteiger partial charge is 0.318 e. The molecule has 1 fully saturated rings. The number of hydrogen-bond donors (Lipinski definition) is 1. The van der Waals surface area contributed by atoms with Crippen molar-refractivity contribution in [2.24, 2.45) is 0 Å². The van der Waals surface area contributed by atoms with Gasteiger partial charge in [-0.1, -0.05) is 42.0 Å². The zero-order valence-corrected chi connectivity index (χ0v) is 16.3. The van der Waals surface area contributed by atoms with Crippen LogP contribution in [0.4, 0.5) is 9.18 Å². The molecular formula is C22H26FN3O2. The minimum atomic E-state index is -0.506. The van der Waals surface area contributed by atoms with Crippen LogP contribution in [0.3, 0.4) is 0 Å². The molecule has 3 amide bonds. The summed E-state index contributed by atoms with van der Waals surface area (Å²) in [5, 5.41) is 2.84. The fourth-order valence-corrected chi connectivity index (χ4v) is 3.39. The first-order valence-electron chi connectivity index (χ1n) is 9.57. The summed E-state index contributed by atoms with van der Waals surface area (Å²) < 4.78 is 13.2. The van der Waals surface area contributed by atoms with E-state index >= 15 is 0 Å². The van der Waals surface area contributed by atoms with Gasteiger partial charge < -0.3 is 15.1 Å². The van der Waals surface area contributed by atoms with E-state index in [0.717, 1.165) is 11.1 Å². The second-order valence-electron chi connectivity index (χ2n) is 7.23. The maximum Gasteiger partial charge on any atom is 0.318 e. The summed E-state index contributed by atoms with van der Waals surface area (Å²) in [4.78, 5) is 28.6. The first-order valence-corrected chi connectivity index (χ1v) is 9.57. The Morgan fingerprint density at radius 2 is 1.89 bits per heavy atom. The van der Waals surface area contributed by atoms with E-state index in [9.17, 15) is 14.0 Å². The summed E-state index contributed by atoms with van der Waals surface area (Å²) >= 11 is 0. The molecule has 1 heterocycles. The molecule has 2 aromatic rings. The maximum absolute atomic E-state index is 13.2. The Morgan fingerprint density at radius 3 is 2.61 bits per heavy atom. The summed E-state index contributed by atoms with van der Waals surface area (Å²) in [7, 11) is 0. The lowest BCUT2D eigenvalue weighted by atomic mass is 10.1. The van der Waals surface area contributed by atoms with Crippen LogP contribution < -0.4 is 5.32 Å². The summed E-state index contributed by atoms with van der Waals surface area (Å²) in [6.07, 6.45) is 0.541. The van der Waals surface area contributed by atoms with Gasteiger partial charge in [-0.25, -0.2) is 9.18 Å². The second kappa shape index (κ2) is 8.87. The second-order valence-corrected chi connectivity index (χ2v) is 7.23. The fraction of sp³-hybridized carbons (Fsp3) is 0.364. The van der Waals surface area contributed by atoms with Gasteiger partial charge in [-0.15, -0.1) is 0 Å². The molecule has 3 rings (SSSR count). The molecule has 1 aliphatic heterocycles. The number of carbonyl (C=O) groups excluding carboxylic acids is 2. The molecule has 0 spiro atoms. The van der Waals surface area contributed by atoms with Crippen molar-refractivity contribution in [3.8, 4) is 0 Å². The number of hydrogen-bond acceptors (Lipinski definition) is 2. The molecule has 1 atom stereocenters. The lowest BCUT2D eigenvalue weighted by Gasteiger charge is -2.39. The lowest BCUT2D eigenvalue weighted by molar-refractivity contribution is -0.139. The van der Waals surface area contributed by atoms with E-state index in [0.29, 0.717) is 32.6 Å². The predicted octanol–water partition coefficient (Wildman–Crippen LogP) is 3.12. The molecule has 5 nitrogen and oxygen atoms in total. The number of urea groups is 1. The standard InChI is InChI=1S/C22H26FN3O2/c1-16-6-8-19(9-7-16)15-25-12-13-26(17(2)21(25)27)22(28)24-11-10-18-4-3-5-20(23)14-18/h3-9,14,17H,10-13,15H2,1-2H3,(H,24,28)/t17-/m0/s1. The van der Waals surface area contributed by atoms with E-state index in [1.165, 1.54) is 17.7 Å². The first-order chi connectivity index (χ1) is 13.4. The van der Waals surface area contributed by atoms with Crippen molar-refractivity contribution in [1.82, 2.24) is 15.1 Å². The van der Waals surface area contributed by atoms with Crippen molar-refractivity contribution in [1.29, 1.82) is 0 Å². The van der Waals surface area contributed by atoms with Crippen LogP contribution in [0.2, 0.25) is 0 Å². The molecule has 1 N–H and O–H groups in total. The third kappa shape index (κ3) is 4.88. The highest BCUT2D eigenvalue weighted by molar-refractivity contribution is 5.88. The molecule has 1 aliphatic rings. The van der Waals surface area contributed by atoms with Gasteiger partial charge in [0.1, 0.15) is 11.9 Å². The Kier molecular flexibility index (Phi) is 6.29. The van der Waals surface area contributed by atoms with Gasteiger partial charge in [-0.05, 0) is 43.5 Å². The van der Waals surface area contributed by atoms with Crippen molar-refractivity contribution in [3.05, 3.63) is 71.0 Å². The summed E-state index contributed by atoms with van der Waals surface area (Å²) in [6.45, 7) is 5.74. The molecule has 0 saturated carbocycles. The monoisotopic (exact) mass is 383 g/mol. The highest BCUT2D eigenvalue weighted by atomic mass is 19.1. The zero-order valence-electron chi connectivity index (χ0n) is 16.3. The Hall–Kier alpha value is -2.89. The highest BCUT2D eigenvalue weighted by Gasteiger charge is 2.34. The van der Waals surface area contributed by atoms with Gasteiger partial charge in [0.25, 0.3) is 0 Å². The molecule has 0 unspecified atom stereocenters. The van der Waals surface area contributed by atoms with Crippen LogP contribution in [0, 0.1) is 12.7 Å². The molecule has 148 valence electrons. The third-order valence-corrected chi connectivity index (χ3v) is 5.08. The third-order valence-electron chi connectivity index (χ3n) is 5.08. The topological polar surface area (TPSA) is 52.6 Å². The van der Waals surface area contributed by atoms with Gasteiger partial charge in [0.15, 0.2) is 0 Å². The largest absolute Gasteiger partial charge is 0.338 e. The van der Waals surface area contributed by atoms with E-state index in [-0.39, 0.29) is 17.8 Å². The summed E-state index contributed by atoms with van der Waals surface area (Å²) in [5.41, 5.74) is 3.09. The Labute approximate surface area is 165 Å². The fourth-order valence-electron chi connectivity index (χ4n) is 3.39. The lowest BCUT2D eigenvalue weighted by Crippen LogP contribution is -2.59. The quantitative estimate of drug-likeness (QED) is 0.863. The van der Waals surface area contributed by atoms with Crippen LogP contribution >= 0.6 is 0 Å². The number of halogens is 1. The average Bonchev–Trinajstić information content (AvgIpc) is 2.67. The molecule has 0 bridgehead atoms. The van der Waals surface area contributed by atoms with Crippen molar-refractivity contribution in [3.63, 3.8) is 0 Å². The molecule has 0 aromatic heterocycles. The van der Waals surface area contributed by atoms with Crippen LogP contribution in [0.15, 0.2) is 48.5 Å². The van der Waals surface area contributed by atoms with Crippen LogP contribution in [-0.4, -0.2) is 47.4 Å². The van der Waals surface area contributed by atoms with Gasteiger partial charge >= 0.3 is 6.03 Å². The molecule has 6 heteroatoms. The van der Waals surface area contributed by atoms with Crippen LogP contribution in [-0.2, 0) is 17.8 Å². The molecule has 1 saturated heterocycles. The zero-order chi connectivity index (χ0) is 20.1. The summed E-state index contributed by atoms with van der Waals surface area (Å²) in [5.74, 6) is -0.333. The Morgan fingerprint density at radius 1 is 1.14 bits per heavy atom. The minimum Gasteiger partial charge on any atom is -0.338 e. The SMILES string of the molecule is Cc1ccc(CN2CCN(C(=O)NCCc3cccc(F)c3)[C@@H](C)C2=O)cc1. The van der Waals surface area contributed by atoms with Crippen LogP contribution in [0.5, 0.6) is 0 Å². The number of rotatable bonds is 5. The number of nitrogens with one attached hydrogen (secondary N) is 1. The van der Waals surface area contributed by atoms with E-state index < -0.39 is 6.04 Å². The van der Waals surface area contributed by atoms with Crippen LogP contribution in [0.1, 0.15) is 23.6 Å². The van der Waals surface area contributed by atoms with Gasteiger partial charge in [-0.2, -0.15) is 0 Å². The number of carbonyl (C=O) groups is 2. The maximum atomic E-state index is 13.2. The molecule has 28 heavy (non-hydrogen) atoms. The number of benzene rings is 2. The minimum absolute atomic E-state index is 0.0490. The van der Waals surface area contributed by atoms with Gasteiger partial charge in [0.2, 0.25) is 5.91 Å². The number of nitrogens with zero attached hydrogens (tertiary/aromatic N) is 2. The van der Waals surface area contributed by atoms with Gasteiger partial charge in [-0.3, -0.25) is 4.79 Å². The Balaban J connectivity index is 1.51. The van der Waals surface area contributed by atoms with E-state index in [4.69, 9.17) is 0 Å². The van der Waals surface area contributed by atoms with Crippen molar-refractivity contribution in [2.75, 3.05) is 19.6 Å². The Bertz CT molecular complexity index is 838. The van der Waals surface area contributed by atoms with E-state index in [1.54, 1.807) is 22.8 Å². The predicted molar refractivity (Wildman–Crippen MR) is 106 cm³/mol.